The summed E-state index contributed by atoms with van der Waals surface area (Å²) in [6, 6.07) is 6.22. The highest BCUT2D eigenvalue weighted by Gasteiger charge is 2.22. The predicted molar refractivity (Wildman–Crippen MR) is 80.9 cm³/mol. The van der Waals surface area contributed by atoms with E-state index < -0.39 is 9.84 Å². The van der Waals surface area contributed by atoms with Crippen molar-refractivity contribution >= 4 is 15.7 Å². The van der Waals surface area contributed by atoms with Crippen LogP contribution in [0.3, 0.4) is 0 Å². The molecule has 0 atom stereocenters. The van der Waals surface area contributed by atoms with Gasteiger partial charge >= 0.3 is 0 Å². The van der Waals surface area contributed by atoms with Crippen molar-refractivity contribution in [3.63, 3.8) is 0 Å². The third-order valence-electron chi connectivity index (χ3n) is 3.61. The zero-order chi connectivity index (χ0) is 15.5. The summed E-state index contributed by atoms with van der Waals surface area (Å²) >= 11 is 0. The fourth-order valence-corrected chi connectivity index (χ4v) is 3.07. The first-order valence-corrected chi connectivity index (χ1v) is 8.83. The quantitative estimate of drug-likeness (QED) is 0.833. The van der Waals surface area contributed by atoms with Crippen LogP contribution in [0.4, 0.5) is 0 Å². The SMILES string of the molecule is CS(=O)(=O)c1cccc(C(=O)N2CCN(CCN)CC2)c1. The van der Waals surface area contributed by atoms with Gasteiger partial charge in [-0.05, 0) is 18.2 Å². The molecule has 1 aliphatic heterocycles. The van der Waals surface area contributed by atoms with Gasteiger partial charge < -0.3 is 10.6 Å². The molecule has 1 heterocycles. The summed E-state index contributed by atoms with van der Waals surface area (Å²) in [5, 5.41) is 0. The molecule has 1 amide bonds. The number of benzene rings is 1. The molecule has 7 heteroatoms. The molecule has 2 N–H and O–H groups in total. The normalized spacial score (nSPS) is 17.0. The van der Waals surface area contributed by atoms with Crippen LogP contribution in [0.25, 0.3) is 0 Å². The molecule has 1 aliphatic rings. The summed E-state index contributed by atoms with van der Waals surface area (Å²) in [7, 11) is -3.30. The summed E-state index contributed by atoms with van der Waals surface area (Å²) in [6.07, 6.45) is 1.14. The van der Waals surface area contributed by atoms with E-state index in [1.807, 2.05) is 0 Å². The Labute approximate surface area is 125 Å². The molecule has 1 aromatic carbocycles. The van der Waals surface area contributed by atoms with E-state index in [2.05, 4.69) is 4.90 Å². The molecule has 116 valence electrons. The monoisotopic (exact) mass is 311 g/mol. The van der Waals surface area contributed by atoms with Crippen LogP contribution in [-0.4, -0.2) is 69.6 Å². The average Bonchev–Trinajstić information content (AvgIpc) is 2.47. The number of carbonyl (C=O) groups is 1. The maximum atomic E-state index is 12.4. The van der Waals surface area contributed by atoms with Gasteiger partial charge in [-0.3, -0.25) is 9.69 Å². The van der Waals surface area contributed by atoms with Crippen molar-refractivity contribution in [3.8, 4) is 0 Å². The molecule has 0 spiro atoms. The Morgan fingerprint density at radius 3 is 2.48 bits per heavy atom. The van der Waals surface area contributed by atoms with Gasteiger partial charge in [0.25, 0.3) is 5.91 Å². The lowest BCUT2D eigenvalue weighted by Gasteiger charge is -2.34. The number of nitrogens with two attached hydrogens (primary N) is 1. The van der Waals surface area contributed by atoms with E-state index in [1.54, 1.807) is 17.0 Å². The van der Waals surface area contributed by atoms with Crippen LogP contribution in [0.5, 0.6) is 0 Å². The number of sulfone groups is 1. The smallest absolute Gasteiger partial charge is 0.253 e. The summed E-state index contributed by atoms with van der Waals surface area (Å²) in [6.45, 7) is 4.34. The zero-order valence-corrected chi connectivity index (χ0v) is 13.0. The Kier molecular flexibility index (Phi) is 4.97. The Balaban J connectivity index is 2.08. The molecule has 0 saturated carbocycles. The van der Waals surface area contributed by atoms with E-state index in [9.17, 15) is 13.2 Å². The molecule has 0 unspecified atom stereocenters. The van der Waals surface area contributed by atoms with Crippen LogP contribution in [-0.2, 0) is 9.84 Å². The molecule has 2 rings (SSSR count). The van der Waals surface area contributed by atoms with E-state index >= 15 is 0 Å². The zero-order valence-electron chi connectivity index (χ0n) is 12.2. The van der Waals surface area contributed by atoms with Crippen molar-refractivity contribution in [2.24, 2.45) is 5.73 Å². The molecule has 1 aromatic rings. The number of carbonyl (C=O) groups excluding carboxylic acids is 1. The number of hydrogen-bond acceptors (Lipinski definition) is 5. The van der Waals surface area contributed by atoms with E-state index in [-0.39, 0.29) is 10.8 Å². The Bertz CT molecular complexity index is 608. The summed E-state index contributed by atoms with van der Waals surface area (Å²) in [4.78, 5) is 16.6. The van der Waals surface area contributed by atoms with Gasteiger partial charge in [-0.1, -0.05) is 6.07 Å². The first kappa shape index (κ1) is 15.9. The van der Waals surface area contributed by atoms with E-state index in [0.717, 1.165) is 25.9 Å². The minimum absolute atomic E-state index is 0.118. The predicted octanol–water partition coefficient (Wildman–Crippen LogP) is -0.193. The molecule has 6 nitrogen and oxygen atoms in total. The summed E-state index contributed by atoms with van der Waals surface area (Å²) < 4.78 is 23.1. The molecular weight excluding hydrogens is 290 g/mol. The van der Waals surface area contributed by atoms with Crippen LogP contribution in [0.2, 0.25) is 0 Å². The van der Waals surface area contributed by atoms with Crippen molar-refractivity contribution in [2.75, 3.05) is 45.5 Å². The molecule has 1 fully saturated rings. The van der Waals surface area contributed by atoms with Crippen LogP contribution in [0.1, 0.15) is 10.4 Å². The van der Waals surface area contributed by atoms with E-state index in [4.69, 9.17) is 5.73 Å². The highest BCUT2D eigenvalue weighted by atomic mass is 32.2. The van der Waals surface area contributed by atoms with Gasteiger partial charge in [-0.15, -0.1) is 0 Å². The van der Waals surface area contributed by atoms with Gasteiger partial charge in [0.2, 0.25) is 0 Å². The van der Waals surface area contributed by atoms with Crippen molar-refractivity contribution in [1.29, 1.82) is 0 Å². The van der Waals surface area contributed by atoms with Crippen molar-refractivity contribution in [3.05, 3.63) is 29.8 Å². The molecular formula is C14H21N3O3S. The second-order valence-corrected chi connectivity index (χ2v) is 7.24. The fourth-order valence-electron chi connectivity index (χ4n) is 2.40. The Morgan fingerprint density at radius 1 is 1.24 bits per heavy atom. The van der Waals surface area contributed by atoms with E-state index in [1.165, 1.54) is 12.1 Å². The molecule has 0 aromatic heterocycles. The highest BCUT2D eigenvalue weighted by Crippen LogP contribution is 2.14. The number of piperazine rings is 1. The van der Waals surface area contributed by atoms with Crippen molar-refractivity contribution in [2.45, 2.75) is 4.90 Å². The van der Waals surface area contributed by atoms with Gasteiger partial charge in [0.1, 0.15) is 0 Å². The van der Waals surface area contributed by atoms with Crippen LogP contribution in [0.15, 0.2) is 29.2 Å². The highest BCUT2D eigenvalue weighted by molar-refractivity contribution is 7.90. The average molecular weight is 311 g/mol. The molecule has 21 heavy (non-hydrogen) atoms. The van der Waals surface area contributed by atoms with Gasteiger partial charge in [-0.2, -0.15) is 0 Å². The lowest BCUT2D eigenvalue weighted by molar-refractivity contribution is 0.0641. The third kappa shape index (κ3) is 4.03. The fraction of sp³-hybridized carbons (Fsp3) is 0.500. The van der Waals surface area contributed by atoms with Crippen LogP contribution >= 0.6 is 0 Å². The maximum absolute atomic E-state index is 12.4. The van der Waals surface area contributed by atoms with Gasteiger partial charge in [0.15, 0.2) is 9.84 Å². The van der Waals surface area contributed by atoms with E-state index in [0.29, 0.717) is 25.2 Å². The topological polar surface area (TPSA) is 83.7 Å². The van der Waals surface area contributed by atoms with Gasteiger partial charge in [0.05, 0.1) is 4.90 Å². The van der Waals surface area contributed by atoms with Crippen LogP contribution < -0.4 is 5.73 Å². The molecule has 0 aliphatic carbocycles. The number of hydrogen-bond donors (Lipinski definition) is 1. The van der Waals surface area contributed by atoms with Gasteiger partial charge in [-0.25, -0.2) is 8.42 Å². The number of rotatable bonds is 4. The number of nitrogens with zero attached hydrogens (tertiary/aromatic N) is 2. The molecule has 0 bridgehead atoms. The van der Waals surface area contributed by atoms with Gasteiger partial charge in [0, 0.05) is 51.1 Å². The lowest BCUT2D eigenvalue weighted by Crippen LogP contribution is -2.49. The Morgan fingerprint density at radius 2 is 1.90 bits per heavy atom. The van der Waals surface area contributed by atoms with Crippen molar-refractivity contribution in [1.82, 2.24) is 9.80 Å². The van der Waals surface area contributed by atoms with Crippen LogP contribution in [0, 0.1) is 0 Å². The maximum Gasteiger partial charge on any atom is 0.253 e. The van der Waals surface area contributed by atoms with Crippen molar-refractivity contribution < 1.29 is 13.2 Å². The second kappa shape index (κ2) is 6.55. The lowest BCUT2D eigenvalue weighted by atomic mass is 10.2. The largest absolute Gasteiger partial charge is 0.336 e. The standard InChI is InChI=1S/C14H21N3O3S/c1-21(19,20)13-4-2-3-12(11-13)14(18)17-9-7-16(6-5-15)8-10-17/h2-4,11H,5-10,15H2,1H3. The first-order valence-electron chi connectivity index (χ1n) is 6.93. The third-order valence-corrected chi connectivity index (χ3v) is 4.72. The summed E-state index contributed by atoms with van der Waals surface area (Å²) in [5.74, 6) is -0.118. The number of amides is 1. The second-order valence-electron chi connectivity index (χ2n) is 5.22. The first-order chi connectivity index (χ1) is 9.91. The molecule has 0 radical (unpaired) electrons. The minimum Gasteiger partial charge on any atom is -0.336 e. The minimum atomic E-state index is -3.30. The summed E-state index contributed by atoms with van der Waals surface area (Å²) in [5.41, 5.74) is 5.94. The molecule has 1 saturated heterocycles. The Hall–Kier alpha value is -1.44.